The fraction of sp³-hybridized carbons (Fsp3) is 0.143. The van der Waals surface area contributed by atoms with Gasteiger partial charge in [-0.2, -0.15) is 13.2 Å². The number of rotatable bonds is 2. The highest BCUT2D eigenvalue weighted by atomic mass is 79.9. The van der Waals surface area contributed by atoms with Crippen molar-refractivity contribution in [2.45, 2.75) is 10.4 Å². The van der Waals surface area contributed by atoms with Crippen LogP contribution >= 0.6 is 27.7 Å². The summed E-state index contributed by atoms with van der Waals surface area (Å²) < 4.78 is 36.5. The Morgan fingerprint density at radius 3 is 2.50 bits per heavy atom. The van der Waals surface area contributed by atoms with E-state index >= 15 is 0 Å². The normalized spacial score (nSPS) is 11.5. The predicted octanol–water partition coefficient (Wildman–Crippen LogP) is 3.35. The largest absolute Gasteiger partial charge is 0.446 e. The first kappa shape index (κ1) is 11.7. The number of nitrogen functional groups attached to an aromatic ring is 1. The van der Waals surface area contributed by atoms with Gasteiger partial charge < -0.3 is 5.43 Å². The summed E-state index contributed by atoms with van der Waals surface area (Å²) in [6.07, 6.45) is 0. The molecule has 0 saturated heterocycles. The summed E-state index contributed by atoms with van der Waals surface area (Å²) in [5.41, 5.74) is -1.59. The van der Waals surface area contributed by atoms with E-state index in [-0.39, 0.29) is 16.7 Å². The molecular formula is C7H6BrF3N2S. The Hall–Kier alpha value is -0.400. The van der Waals surface area contributed by atoms with Gasteiger partial charge in [0.15, 0.2) is 0 Å². The Morgan fingerprint density at radius 1 is 1.36 bits per heavy atom. The van der Waals surface area contributed by atoms with Gasteiger partial charge in [-0.15, -0.1) is 0 Å². The number of thioether (sulfide) groups is 1. The van der Waals surface area contributed by atoms with E-state index in [1.165, 1.54) is 12.1 Å². The van der Waals surface area contributed by atoms with Crippen LogP contribution in [0.1, 0.15) is 0 Å². The molecule has 1 aromatic rings. The van der Waals surface area contributed by atoms with Crippen LogP contribution in [0.5, 0.6) is 0 Å². The molecule has 0 spiro atoms. The van der Waals surface area contributed by atoms with Gasteiger partial charge in [-0.3, -0.25) is 5.84 Å². The summed E-state index contributed by atoms with van der Waals surface area (Å²) in [5, 5.41) is 0. The molecule has 1 aromatic carbocycles. The van der Waals surface area contributed by atoms with E-state index in [0.29, 0.717) is 10.2 Å². The van der Waals surface area contributed by atoms with E-state index in [1.807, 2.05) is 0 Å². The lowest BCUT2D eigenvalue weighted by Crippen LogP contribution is -2.07. The number of hydrogen-bond donors (Lipinski definition) is 2. The maximum absolute atomic E-state index is 12.0. The van der Waals surface area contributed by atoms with E-state index in [0.717, 1.165) is 0 Å². The van der Waals surface area contributed by atoms with Crippen molar-refractivity contribution >= 4 is 33.4 Å². The summed E-state index contributed by atoms with van der Waals surface area (Å²) in [5.74, 6) is 5.08. The van der Waals surface area contributed by atoms with Crippen molar-refractivity contribution in [1.82, 2.24) is 0 Å². The van der Waals surface area contributed by atoms with Crippen molar-refractivity contribution in [1.29, 1.82) is 0 Å². The lowest BCUT2D eigenvalue weighted by atomic mass is 10.3. The Kier molecular flexibility index (Phi) is 3.68. The number of hydrazine groups is 1. The summed E-state index contributed by atoms with van der Waals surface area (Å²) >= 11 is 2.84. The monoisotopic (exact) mass is 286 g/mol. The molecule has 14 heavy (non-hydrogen) atoms. The van der Waals surface area contributed by atoms with Crippen molar-refractivity contribution in [3.8, 4) is 0 Å². The molecule has 0 saturated carbocycles. The van der Waals surface area contributed by atoms with Crippen molar-refractivity contribution in [3.63, 3.8) is 0 Å². The highest BCUT2D eigenvalue weighted by molar-refractivity contribution is 9.10. The molecule has 3 N–H and O–H groups in total. The zero-order valence-electron chi connectivity index (χ0n) is 6.73. The third kappa shape index (κ3) is 3.39. The molecule has 0 aliphatic carbocycles. The minimum Gasteiger partial charge on any atom is -0.324 e. The molecule has 0 radical (unpaired) electrons. The van der Waals surface area contributed by atoms with Gasteiger partial charge in [0.2, 0.25) is 0 Å². The molecule has 0 fully saturated rings. The predicted molar refractivity (Wildman–Crippen MR) is 53.9 cm³/mol. The van der Waals surface area contributed by atoms with Crippen LogP contribution in [0.4, 0.5) is 18.9 Å². The summed E-state index contributed by atoms with van der Waals surface area (Å²) in [6.45, 7) is 0. The Labute approximate surface area is 91.1 Å². The number of nitrogens with two attached hydrogens (primary N) is 1. The first-order valence-corrected chi connectivity index (χ1v) is 5.05. The van der Waals surface area contributed by atoms with Gasteiger partial charge in [-0.05, 0) is 45.9 Å². The number of benzene rings is 1. The first-order chi connectivity index (χ1) is 6.42. The third-order valence-electron chi connectivity index (χ3n) is 1.32. The number of alkyl halides is 3. The highest BCUT2D eigenvalue weighted by Gasteiger charge is 2.30. The molecular weight excluding hydrogens is 281 g/mol. The molecule has 0 atom stereocenters. The van der Waals surface area contributed by atoms with E-state index in [2.05, 4.69) is 21.4 Å². The van der Waals surface area contributed by atoms with Crippen molar-refractivity contribution in [2.24, 2.45) is 5.84 Å². The fourth-order valence-corrected chi connectivity index (χ4v) is 1.89. The molecule has 0 aliphatic rings. The van der Waals surface area contributed by atoms with Gasteiger partial charge in [0.25, 0.3) is 0 Å². The number of nitrogens with one attached hydrogen (secondary N) is 1. The topological polar surface area (TPSA) is 38.0 Å². The molecule has 2 nitrogen and oxygen atoms in total. The van der Waals surface area contributed by atoms with Gasteiger partial charge in [-0.1, -0.05) is 0 Å². The molecule has 7 heteroatoms. The third-order valence-corrected chi connectivity index (χ3v) is 3.07. The fourth-order valence-electron chi connectivity index (χ4n) is 0.796. The molecule has 0 unspecified atom stereocenters. The standard InChI is InChI=1S/C7H6BrF3N2S/c8-5-2-1-4(13-12)3-6(5)14-7(9,10)11/h1-3,13H,12H2. The van der Waals surface area contributed by atoms with Crippen LogP contribution in [0, 0.1) is 0 Å². The molecule has 0 aliphatic heterocycles. The van der Waals surface area contributed by atoms with E-state index < -0.39 is 5.51 Å². The smallest absolute Gasteiger partial charge is 0.324 e. The van der Waals surface area contributed by atoms with Gasteiger partial charge in [0.1, 0.15) is 0 Å². The van der Waals surface area contributed by atoms with Gasteiger partial charge in [0.05, 0.1) is 0 Å². The molecule has 0 aromatic heterocycles. The van der Waals surface area contributed by atoms with Crippen molar-refractivity contribution in [3.05, 3.63) is 22.7 Å². The molecule has 1 rings (SSSR count). The zero-order valence-corrected chi connectivity index (χ0v) is 9.13. The second-order valence-electron chi connectivity index (χ2n) is 2.34. The minimum absolute atomic E-state index is 0.0768. The average Bonchev–Trinajstić information content (AvgIpc) is 2.06. The molecule has 0 bridgehead atoms. The van der Waals surface area contributed by atoms with Crippen molar-refractivity contribution in [2.75, 3.05) is 5.43 Å². The Bertz CT molecular complexity index is 329. The van der Waals surface area contributed by atoms with E-state index in [9.17, 15) is 13.2 Å². The lowest BCUT2D eigenvalue weighted by molar-refractivity contribution is -0.0328. The summed E-state index contributed by atoms with van der Waals surface area (Å²) in [4.78, 5) is 0.0768. The van der Waals surface area contributed by atoms with Crippen LogP contribution in [-0.2, 0) is 0 Å². The number of hydrogen-bond acceptors (Lipinski definition) is 3. The van der Waals surface area contributed by atoms with Crippen LogP contribution in [0.3, 0.4) is 0 Å². The first-order valence-electron chi connectivity index (χ1n) is 3.44. The maximum atomic E-state index is 12.0. The minimum atomic E-state index is -4.30. The quantitative estimate of drug-likeness (QED) is 0.497. The maximum Gasteiger partial charge on any atom is 0.446 e. The van der Waals surface area contributed by atoms with E-state index in [1.54, 1.807) is 6.07 Å². The molecule has 0 heterocycles. The van der Waals surface area contributed by atoms with E-state index in [4.69, 9.17) is 5.84 Å². The Morgan fingerprint density at radius 2 is 2.00 bits per heavy atom. The SMILES string of the molecule is NNc1ccc(Br)c(SC(F)(F)F)c1. The number of halogens is 4. The summed E-state index contributed by atoms with van der Waals surface area (Å²) in [7, 11) is 0. The second kappa shape index (κ2) is 4.41. The number of anilines is 1. The van der Waals surface area contributed by atoms with Crippen molar-refractivity contribution < 1.29 is 13.2 Å². The van der Waals surface area contributed by atoms with Gasteiger partial charge in [0, 0.05) is 15.1 Å². The summed E-state index contributed by atoms with van der Waals surface area (Å²) in [6, 6.07) is 4.40. The average molecular weight is 287 g/mol. The van der Waals surface area contributed by atoms with Gasteiger partial charge >= 0.3 is 5.51 Å². The molecule has 0 amide bonds. The van der Waals surface area contributed by atoms with Crippen LogP contribution in [0.2, 0.25) is 0 Å². The van der Waals surface area contributed by atoms with Gasteiger partial charge in [-0.25, -0.2) is 0 Å². The molecule has 78 valence electrons. The van der Waals surface area contributed by atoms with Crippen LogP contribution in [0.15, 0.2) is 27.6 Å². The lowest BCUT2D eigenvalue weighted by Gasteiger charge is -2.09. The van der Waals surface area contributed by atoms with Crippen LogP contribution in [0.25, 0.3) is 0 Å². The van der Waals surface area contributed by atoms with Crippen LogP contribution in [-0.4, -0.2) is 5.51 Å². The van der Waals surface area contributed by atoms with Crippen LogP contribution < -0.4 is 11.3 Å². The second-order valence-corrected chi connectivity index (χ2v) is 4.30. The Balaban J connectivity index is 2.95. The zero-order chi connectivity index (χ0) is 10.8. The highest BCUT2D eigenvalue weighted by Crippen LogP contribution is 2.41.